The Labute approximate surface area is 115 Å². The van der Waals surface area contributed by atoms with Gasteiger partial charge in [-0.25, -0.2) is 4.79 Å². The van der Waals surface area contributed by atoms with E-state index in [1.54, 1.807) is 6.07 Å². The predicted molar refractivity (Wildman–Crippen MR) is 72.3 cm³/mol. The summed E-state index contributed by atoms with van der Waals surface area (Å²) in [5, 5.41) is 19.9. The van der Waals surface area contributed by atoms with Gasteiger partial charge in [-0.3, -0.25) is 10.1 Å². The molecule has 7 nitrogen and oxygen atoms in total. The average Bonchev–Trinajstić information content (AvgIpc) is 2.62. The van der Waals surface area contributed by atoms with E-state index >= 15 is 0 Å². The number of aromatic carboxylic acids is 1. The van der Waals surface area contributed by atoms with Crippen molar-refractivity contribution in [2.45, 2.75) is 19.4 Å². The molecule has 0 aliphatic carbocycles. The maximum atomic E-state index is 11.1. The van der Waals surface area contributed by atoms with Crippen LogP contribution in [-0.2, 0) is 4.74 Å². The number of nitrogens with zero attached hydrogens (tertiary/aromatic N) is 2. The van der Waals surface area contributed by atoms with Crippen LogP contribution in [0.2, 0.25) is 0 Å². The molecule has 1 aliphatic rings. The molecule has 0 saturated carbocycles. The minimum absolute atomic E-state index is 0.0426. The Bertz CT molecular complexity index is 531. The molecular formula is C13H16N2O5. The molecule has 1 unspecified atom stereocenters. The fourth-order valence-corrected chi connectivity index (χ4v) is 2.28. The molecule has 1 N–H and O–H groups in total. The largest absolute Gasteiger partial charge is 0.477 e. The van der Waals surface area contributed by atoms with Gasteiger partial charge in [0.2, 0.25) is 0 Å². The van der Waals surface area contributed by atoms with E-state index in [-0.39, 0.29) is 17.4 Å². The van der Waals surface area contributed by atoms with Gasteiger partial charge >= 0.3 is 5.97 Å². The van der Waals surface area contributed by atoms with E-state index in [0.29, 0.717) is 18.8 Å². The van der Waals surface area contributed by atoms with E-state index in [2.05, 4.69) is 0 Å². The zero-order chi connectivity index (χ0) is 14.7. The van der Waals surface area contributed by atoms with Crippen molar-refractivity contribution in [2.75, 3.05) is 24.6 Å². The maximum absolute atomic E-state index is 11.1. The topological polar surface area (TPSA) is 92.9 Å². The van der Waals surface area contributed by atoms with Crippen LogP contribution < -0.4 is 4.90 Å². The van der Waals surface area contributed by atoms with Crippen LogP contribution in [0.25, 0.3) is 0 Å². The van der Waals surface area contributed by atoms with Crippen LogP contribution in [-0.4, -0.2) is 41.8 Å². The molecule has 2 rings (SSSR count). The van der Waals surface area contributed by atoms with Crippen molar-refractivity contribution in [1.82, 2.24) is 0 Å². The molecule has 1 atom stereocenters. The lowest BCUT2D eigenvalue weighted by molar-refractivity contribution is -0.385. The third-order valence-corrected chi connectivity index (χ3v) is 3.22. The van der Waals surface area contributed by atoms with Gasteiger partial charge in [0.25, 0.3) is 5.69 Å². The minimum Gasteiger partial charge on any atom is -0.477 e. The van der Waals surface area contributed by atoms with E-state index in [4.69, 9.17) is 9.84 Å². The number of nitro benzene ring substituents is 1. The zero-order valence-corrected chi connectivity index (χ0v) is 11.1. The highest BCUT2D eigenvalue weighted by Crippen LogP contribution is 2.26. The summed E-state index contributed by atoms with van der Waals surface area (Å²) in [4.78, 5) is 23.3. The molecular weight excluding hydrogens is 264 g/mol. The Kier molecular flexibility index (Phi) is 4.19. The van der Waals surface area contributed by atoms with Crippen molar-refractivity contribution >= 4 is 17.3 Å². The molecule has 108 valence electrons. The van der Waals surface area contributed by atoms with Crippen LogP contribution in [0.3, 0.4) is 0 Å². The summed E-state index contributed by atoms with van der Waals surface area (Å²) in [5.41, 5.74) is -0.00367. The molecule has 1 saturated heterocycles. The number of ether oxygens (including phenoxy) is 1. The molecule has 1 heterocycles. The van der Waals surface area contributed by atoms with Crippen molar-refractivity contribution in [3.63, 3.8) is 0 Å². The molecule has 1 aromatic rings. The second-order valence-electron chi connectivity index (χ2n) is 4.74. The Morgan fingerprint density at radius 1 is 1.55 bits per heavy atom. The maximum Gasteiger partial charge on any atom is 0.342 e. The number of anilines is 1. The first-order valence-corrected chi connectivity index (χ1v) is 6.37. The van der Waals surface area contributed by atoms with Gasteiger partial charge < -0.3 is 14.7 Å². The van der Waals surface area contributed by atoms with Crippen LogP contribution in [0.1, 0.15) is 23.7 Å². The summed E-state index contributed by atoms with van der Waals surface area (Å²) in [6.07, 6.45) is 0.880. The summed E-state index contributed by atoms with van der Waals surface area (Å²) in [6, 6.07) is 4.19. The standard InChI is InChI=1S/C13H16N2O5/c1-9-8-14(5-2-6-20-9)10-3-4-12(15(18)19)11(7-10)13(16)17/h3-4,7,9H,2,5-6,8H2,1H3,(H,16,17). The van der Waals surface area contributed by atoms with E-state index < -0.39 is 10.9 Å². The fraction of sp³-hybridized carbons (Fsp3) is 0.462. The van der Waals surface area contributed by atoms with Gasteiger partial charge in [-0.05, 0) is 25.5 Å². The lowest BCUT2D eigenvalue weighted by atomic mass is 10.1. The van der Waals surface area contributed by atoms with Gasteiger partial charge in [-0.15, -0.1) is 0 Å². The number of carboxylic acid groups (broad SMARTS) is 1. The van der Waals surface area contributed by atoms with Crippen molar-refractivity contribution in [3.8, 4) is 0 Å². The van der Waals surface area contributed by atoms with E-state index in [1.807, 2.05) is 11.8 Å². The molecule has 20 heavy (non-hydrogen) atoms. The van der Waals surface area contributed by atoms with Gasteiger partial charge in [0.15, 0.2) is 0 Å². The van der Waals surface area contributed by atoms with E-state index in [0.717, 1.165) is 13.0 Å². The van der Waals surface area contributed by atoms with Gasteiger partial charge in [0.1, 0.15) is 5.56 Å². The third-order valence-electron chi connectivity index (χ3n) is 3.22. The molecule has 0 amide bonds. The van der Waals surface area contributed by atoms with Crippen LogP contribution in [0.4, 0.5) is 11.4 Å². The summed E-state index contributed by atoms with van der Waals surface area (Å²) in [6.45, 7) is 3.98. The molecule has 7 heteroatoms. The first kappa shape index (κ1) is 14.3. The quantitative estimate of drug-likeness (QED) is 0.671. The second-order valence-corrected chi connectivity index (χ2v) is 4.74. The summed E-state index contributed by atoms with van der Waals surface area (Å²) in [5.74, 6) is -1.29. The zero-order valence-electron chi connectivity index (χ0n) is 11.1. The summed E-state index contributed by atoms with van der Waals surface area (Å²) >= 11 is 0. The van der Waals surface area contributed by atoms with Crippen molar-refractivity contribution in [3.05, 3.63) is 33.9 Å². The van der Waals surface area contributed by atoms with Gasteiger partial charge in [0.05, 0.1) is 11.0 Å². The van der Waals surface area contributed by atoms with Gasteiger partial charge in [-0.1, -0.05) is 0 Å². The fourth-order valence-electron chi connectivity index (χ4n) is 2.28. The first-order chi connectivity index (χ1) is 9.49. The third kappa shape index (κ3) is 3.05. The van der Waals surface area contributed by atoms with E-state index in [1.165, 1.54) is 12.1 Å². The summed E-state index contributed by atoms with van der Waals surface area (Å²) < 4.78 is 5.53. The smallest absolute Gasteiger partial charge is 0.342 e. The molecule has 1 aliphatic heterocycles. The number of hydrogen-bond acceptors (Lipinski definition) is 5. The predicted octanol–water partition coefficient (Wildman–Crippen LogP) is 1.91. The van der Waals surface area contributed by atoms with Crippen LogP contribution >= 0.6 is 0 Å². The lowest BCUT2D eigenvalue weighted by Crippen LogP contribution is -2.30. The Morgan fingerprint density at radius 2 is 2.30 bits per heavy atom. The molecule has 0 spiro atoms. The van der Waals surface area contributed by atoms with Crippen LogP contribution in [0.15, 0.2) is 18.2 Å². The molecule has 0 bridgehead atoms. The monoisotopic (exact) mass is 280 g/mol. The van der Waals surface area contributed by atoms with Crippen molar-refractivity contribution < 1.29 is 19.6 Å². The highest BCUT2D eigenvalue weighted by atomic mass is 16.6. The van der Waals surface area contributed by atoms with Gasteiger partial charge in [-0.2, -0.15) is 0 Å². The number of rotatable bonds is 3. The van der Waals surface area contributed by atoms with E-state index in [9.17, 15) is 14.9 Å². The van der Waals surface area contributed by atoms with Gasteiger partial charge in [0, 0.05) is 31.5 Å². The van der Waals surface area contributed by atoms with Crippen LogP contribution in [0.5, 0.6) is 0 Å². The SMILES string of the molecule is CC1CN(c2ccc([N+](=O)[O-])c(C(=O)O)c2)CCCO1. The summed E-state index contributed by atoms with van der Waals surface area (Å²) in [7, 11) is 0. The Balaban J connectivity index is 2.35. The van der Waals surface area contributed by atoms with Crippen molar-refractivity contribution in [2.24, 2.45) is 0 Å². The molecule has 1 aromatic carbocycles. The Hall–Kier alpha value is -2.15. The molecule has 0 aromatic heterocycles. The number of hydrogen-bond donors (Lipinski definition) is 1. The second kappa shape index (κ2) is 5.87. The number of nitro groups is 1. The minimum atomic E-state index is -1.29. The average molecular weight is 280 g/mol. The number of carboxylic acids is 1. The number of carbonyl (C=O) groups is 1. The highest BCUT2D eigenvalue weighted by molar-refractivity contribution is 5.93. The molecule has 0 radical (unpaired) electrons. The molecule has 1 fully saturated rings. The number of benzene rings is 1. The van der Waals surface area contributed by atoms with Crippen LogP contribution in [0, 0.1) is 10.1 Å². The Morgan fingerprint density at radius 3 is 2.95 bits per heavy atom. The highest BCUT2D eigenvalue weighted by Gasteiger charge is 2.23. The van der Waals surface area contributed by atoms with Crippen molar-refractivity contribution in [1.29, 1.82) is 0 Å². The first-order valence-electron chi connectivity index (χ1n) is 6.37. The normalized spacial score (nSPS) is 19.4. The lowest BCUT2D eigenvalue weighted by Gasteiger charge is -2.24.